The monoisotopic (exact) mass is 217 g/mol. The summed E-state index contributed by atoms with van der Waals surface area (Å²) in [4.78, 5) is 13.7. The highest BCUT2D eigenvalue weighted by Gasteiger charge is 2.14. The molecular weight excluding hydrogens is 202 g/mol. The highest BCUT2D eigenvalue weighted by Crippen LogP contribution is 2.02. The molecule has 6 heteroatoms. The van der Waals surface area contributed by atoms with Crippen LogP contribution < -0.4 is 11.5 Å². The maximum Gasteiger partial charge on any atom is 0.320 e. The van der Waals surface area contributed by atoms with Gasteiger partial charge in [-0.3, -0.25) is 4.79 Å². The second-order valence-electron chi connectivity index (χ2n) is 2.98. The van der Waals surface area contributed by atoms with Gasteiger partial charge < -0.3 is 16.6 Å². The first-order valence-electron chi connectivity index (χ1n) is 4.08. The Hall–Kier alpha value is -1.14. The summed E-state index contributed by atoms with van der Waals surface area (Å²) in [5, 5.41) is 10.7. The van der Waals surface area contributed by atoms with E-state index in [0.29, 0.717) is 5.13 Å². The highest BCUT2D eigenvalue weighted by molar-refractivity contribution is 7.13. The summed E-state index contributed by atoms with van der Waals surface area (Å²) in [6.07, 6.45) is 1.68. The van der Waals surface area contributed by atoms with E-state index in [9.17, 15) is 4.79 Å². The van der Waals surface area contributed by atoms with Crippen LogP contribution in [0.1, 0.15) is 13.8 Å². The van der Waals surface area contributed by atoms with E-state index in [1.165, 1.54) is 11.3 Å². The third kappa shape index (κ3) is 5.50. The minimum absolute atomic E-state index is 0.0208. The zero-order chi connectivity index (χ0) is 11.1. The van der Waals surface area contributed by atoms with Crippen LogP contribution in [0.2, 0.25) is 0 Å². The molecule has 1 aromatic rings. The van der Waals surface area contributed by atoms with Crippen LogP contribution in [-0.2, 0) is 4.79 Å². The van der Waals surface area contributed by atoms with Gasteiger partial charge in [-0.25, -0.2) is 4.98 Å². The number of aromatic nitrogens is 1. The van der Waals surface area contributed by atoms with E-state index >= 15 is 0 Å². The van der Waals surface area contributed by atoms with Crippen LogP contribution in [0.4, 0.5) is 5.13 Å². The maximum absolute atomic E-state index is 10.0. The van der Waals surface area contributed by atoms with Gasteiger partial charge in [-0.05, 0) is 5.92 Å². The quantitative estimate of drug-likeness (QED) is 0.679. The highest BCUT2D eigenvalue weighted by atomic mass is 32.1. The molecule has 14 heavy (non-hydrogen) atoms. The summed E-state index contributed by atoms with van der Waals surface area (Å²) in [6, 6.07) is -0.713. The van der Waals surface area contributed by atoms with Crippen LogP contribution in [0.15, 0.2) is 11.6 Å². The van der Waals surface area contributed by atoms with E-state index < -0.39 is 12.0 Å². The Kier molecular flexibility index (Phi) is 5.82. The second kappa shape index (κ2) is 6.33. The maximum atomic E-state index is 10.0. The lowest BCUT2D eigenvalue weighted by atomic mass is 10.1. The van der Waals surface area contributed by atoms with Crippen molar-refractivity contribution in [2.75, 3.05) is 5.73 Å². The number of thiazole rings is 1. The Labute approximate surface area is 86.8 Å². The van der Waals surface area contributed by atoms with Crippen LogP contribution in [0.5, 0.6) is 0 Å². The molecule has 5 N–H and O–H groups in total. The van der Waals surface area contributed by atoms with Crippen LogP contribution in [0.25, 0.3) is 0 Å². The number of anilines is 1. The molecular formula is C8H15N3O2S. The lowest BCUT2D eigenvalue weighted by molar-refractivity contribution is -0.139. The van der Waals surface area contributed by atoms with Gasteiger partial charge in [0.05, 0.1) is 0 Å². The number of nitrogens with zero attached hydrogens (tertiary/aromatic N) is 1. The van der Waals surface area contributed by atoms with Crippen molar-refractivity contribution in [1.82, 2.24) is 4.98 Å². The molecule has 1 atom stereocenters. The van der Waals surface area contributed by atoms with Crippen molar-refractivity contribution < 1.29 is 9.90 Å². The van der Waals surface area contributed by atoms with Crippen molar-refractivity contribution in [1.29, 1.82) is 0 Å². The zero-order valence-corrected chi connectivity index (χ0v) is 8.99. The topological polar surface area (TPSA) is 102 Å². The molecule has 0 spiro atoms. The van der Waals surface area contributed by atoms with Crippen LogP contribution >= 0.6 is 11.3 Å². The summed E-state index contributed by atoms with van der Waals surface area (Å²) in [5.41, 5.74) is 10.3. The lowest BCUT2D eigenvalue weighted by Crippen LogP contribution is -2.34. The predicted octanol–water partition coefficient (Wildman–Crippen LogP) is 0.780. The number of rotatable bonds is 2. The molecule has 0 saturated carbocycles. The Morgan fingerprint density at radius 3 is 2.29 bits per heavy atom. The number of carboxylic acids is 1. The fourth-order valence-corrected chi connectivity index (χ4v) is 0.902. The number of carboxylic acid groups (broad SMARTS) is 1. The molecule has 0 aliphatic rings. The Morgan fingerprint density at radius 2 is 2.21 bits per heavy atom. The van der Waals surface area contributed by atoms with Gasteiger partial charge in [0.15, 0.2) is 5.13 Å². The number of nitrogens with two attached hydrogens (primary N) is 2. The molecule has 0 unspecified atom stereocenters. The van der Waals surface area contributed by atoms with Crippen molar-refractivity contribution >= 4 is 22.4 Å². The van der Waals surface area contributed by atoms with Crippen LogP contribution in [0, 0.1) is 5.92 Å². The molecule has 0 bridgehead atoms. The van der Waals surface area contributed by atoms with Crippen molar-refractivity contribution in [3.05, 3.63) is 11.6 Å². The van der Waals surface area contributed by atoms with Gasteiger partial charge in [0, 0.05) is 11.6 Å². The van der Waals surface area contributed by atoms with Crippen molar-refractivity contribution in [3.63, 3.8) is 0 Å². The molecule has 1 rings (SSSR count). The van der Waals surface area contributed by atoms with E-state index in [0.717, 1.165) is 0 Å². The molecule has 80 valence electrons. The standard InChI is InChI=1S/C5H11NO2.C3H4N2S/c1-3(2)4(6)5(7)8;4-3-5-1-2-6-3/h3-4H,6H2,1-2H3,(H,7,8);1-2H,(H2,4,5)/t4-;/m0./s1. The van der Waals surface area contributed by atoms with E-state index in [2.05, 4.69) is 4.98 Å². The normalized spacial score (nSPS) is 11.7. The molecule has 0 amide bonds. The van der Waals surface area contributed by atoms with Gasteiger partial charge in [-0.15, -0.1) is 11.3 Å². The SMILES string of the molecule is CC(C)[C@H](N)C(=O)O.Nc1nccs1. The molecule has 0 radical (unpaired) electrons. The number of carbonyl (C=O) groups is 1. The predicted molar refractivity (Wildman–Crippen MR) is 57.0 cm³/mol. The molecule has 1 heterocycles. The summed E-state index contributed by atoms with van der Waals surface area (Å²) in [6.45, 7) is 3.55. The number of hydrogen-bond donors (Lipinski definition) is 3. The third-order valence-corrected chi connectivity index (χ3v) is 2.06. The van der Waals surface area contributed by atoms with Crippen molar-refractivity contribution in [3.8, 4) is 0 Å². The average Bonchev–Trinajstić information content (AvgIpc) is 2.55. The molecule has 0 aliphatic carbocycles. The second-order valence-corrected chi connectivity index (χ2v) is 3.90. The molecule has 0 fully saturated rings. The summed E-state index contributed by atoms with van der Waals surface area (Å²) in [5.74, 6) is -0.910. The van der Waals surface area contributed by atoms with Gasteiger partial charge in [0.2, 0.25) is 0 Å². The minimum atomic E-state index is -0.931. The van der Waals surface area contributed by atoms with Gasteiger partial charge in [0.1, 0.15) is 6.04 Å². The fraction of sp³-hybridized carbons (Fsp3) is 0.500. The van der Waals surface area contributed by atoms with Crippen LogP contribution in [0.3, 0.4) is 0 Å². The van der Waals surface area contributed by atoms with E-state index in [1.807, 2.05) is 5.38 Å². The molecule has 0 aliphatic heterocycles. The number of nitrogen functional groups attached to an aromatic ring is 1. The molecule has 0 aromatic carbocycles. The molecule has 5 nitrogen and oxygen atoms in total. The molecule has 0 saturated heterocycles. The average molecular weight is 217 g/mol. The van der Waals surface area contributed by atoms with Crippen molar-refractivity contribution in [2.45, 2.75) is 19.9 Å². The first-order chi connectivity index (χ1) is 6.45. The Bertz CT molecular complexity index is 262. The van der Waals surface area contributed by atoms with Crippen molar-refractivity contribution in [2.24, 2.45) is 11.7 Å². The zero-order valence-electron chi connectivity index (χ0n) is 8.18. The third-order valence-electron chi connectivity index (χ3n) is 1.45. The van der Waals surface area contributed by atoms with Gasteiger partial charge in [-0.2, -0.15) is 0 Å². The van der Waals surface area contributed by atoms with Gasteiger partial charge in [0.25, 0.3) is 0 Å². The first kappa shape index (κ1) is 12.9. The fourth-order valence-electron chi connectivity index (χ4n) is 0.520. The number of hydrogen-bond acceptors (Lipinski definition) is 5. The van der Waals surface area contributed by atoms with E-state index in [1.54, 1.807) is 20.0 Å². The first-order valence-corrected chi connectivity index (χ1v) is 4.96. The van der Waals surface area contributed by atoms with Gasteiger partial charge in [-0.1, -0.05) is 13.8 Å². The largest absolute Gasteiger partial charge is 0.480 e. The minimum Gasteiger partial charge on any atom is -0.480 e. The van der Waals surface area contributed by atoms with E-state index in [-0.39, 0.29) is 5.92 Å². The lowest BCUT2D eigenvalue weighted by Gasteiger charge is -2.07. The Morgan fingerprint density at radius 1 is 1.64 bits per heavy atom. The number of aliphatic carboxylic acids is 1. The summed E-state index contributed by atoms with van der Waals surface area (Å²) < 4.78 is 0. The summed E-state index contributed by atoms with van der Waals surface area (Å²) >= 11 is 1.44. The summed E-state index contributed by atoms with van der Waals surface area (Å²) in [7, 11) is 0. The van der Waals surface area contributed by atoms with Crippen LogP contribution in [-0.4, -0.2) is 22.1 Å². The Balaban J connectivity index is 0.000000249. The smallest absolute Gasteiger partial charge is 0.320 e. The molecule has 1 aromatic heterocycles. The van der Waals surface area contributed by atoms with Gasteiger partial charge >= 0.3 is 5.97 Å². The van der Waals surface area contributed by atoms with E-state index in [4.69, 9.17) is 16.6 Å².